The fourth-order valence-corrected chi connectivity index (χ4v) is 4.00. The lowest BCUT2D eigenvalue weighted by molar-refractivity contribution is -0.384. The summed E-state index contributed by atoms with van der Waals surface area (Å²) in [6, 6.07) is 28.3. The molecule has 1 heterocycles. The number of benzene rings is 3. The first-order chi connectivity index (χ1) is 14.2. The van der Waals surface area contributed by atoms with Crippen molar-refractivity contribution in [3.05, 3.63) is 112 Å². The van der Waals surface area contributed by atoms with E-state index < -0.39 is 0 Å². The van der Waals surface area contributed by atoms with Crippen molar-refractivity contribution in [3.63, 3.8) is 0 Å². The Bertz CT molecular complexity index is 929. The number of piperazine rings is 1. The molecular formula is C24H25N3O2. The summed E-state index contributed by atoms with van der Waals surface area (Å²) in [6.07, 6.45) is 0. The van der Waals surface area contributed by atoms with Gasteiger partial charge in [-0.2, -0.15) is 0 Å². The van der Waals surface area contributed by atoms with Crippen molar-refractivity contribution in [2.24, 2.45) is 0 Å². The van der Waals surface area contributed by atoms with Gasteiger partial charge >= 0.3 is 0 Å². The second kappa shape index (κ2) is 8.99. The van der Waals surface area contributed by atoms with Gasteiger partial charge in [0.15, 0.2) is 0 Å². The maximum Gasteiger partial charge on any atom is 0.269 e. The van der Waals surface area contributed by atoms with Gasteiger partial charge in [0.2, 0.25) is 0 Å². The van der Waals surface area contributed by atoms with Crippen LogP contribution in [0.2, 0.25) is 0 Å². The molecule has 0 amide bonds. The topological polar surface area (TPSA) is 49.6 Å². The highest BCUT2D eigenvalue weighted by atomic mass is 16.6. The zero-order chi connectivity index (χ0) is 20.1. The summed E-state index contributed by atoms with van der Waals surface area (Å²) in [7, 11) is 0. The highest BCUT2D eigenvalue weighted by Gasteiger charge is 2.28. The molecule has 0 aromatic heterocycles. The SMILES string of the molecule is O=[N+]([O-])c1ccc(C2CN(Cc3ccccc3)CCN2Cc2ccccc2)cc1. The highest BCUT2D eigenvalue weighted by Crippen LogP contribution is 2.29. The van der Waals surface area contributed by atoms with Crippen LogP contribution in [-0.2, 0) is 13.1 Å². The first-order valence-corrected chi connectivity index (χ1v) is 9.97. The van der Waals surface area contributed by atoms with E-state index in [0.29, 0.717) is 0 Å². The van der Waals surface area contributed by atoms with Crippen molar-refractivity contribution in [2.75, 3.05) is 19.6 Å². The predicted octanol–water partition coefficient (Wildman–Crippen LogP) is 4.65. The number of nitrogens with zero attached hydrogens (tertiary/aromatic N) is 3. The Morgan fingerprint density at radius 1 is 0.793 bits per heavy atom. The zero-order valence-electron chi connectivity index (χ0n) is 16.4. The molecule has 0 spiro atoms. The molecule has 148 valence electrons. The average molecular weight is 387 g/mol. The van der Waals surface area contributed by atoms with Crippen LogP contribution < -0.4 is 0 Å². The zero-order valence-corrected chi connectivity index (χ0v) is 16.4. The van der Waals surface area contributed by atoms with Crippen LogP contribution in [0.15, 0.2) is 84.9 Å². The molecule has 5 nitrogen and oxygen atoms in total. The van der Waals surface area contributed by atoms with Crippen LogP contribution in [0.25, 0.3) is 0 Å². The second-order valence-corrected chi connectivity index (χ2v) is 7.54. The van der Waals surface area contributed by atoms with Gasteiger partial charge in [-0.3, -0.25) is 19.9 Å². The van der Waals surface area contributed by atoms with Gasteiger partial charge in [0, 0.05) is 50.9 Å². The van der Waals surface area contributed by atoms with Gasteiger partial charge in [-0.1, -0.05) is 72.8 Å². The fraction of sp³-hybridized carbons (Fsp3) is 0.250. The van der Waals surface area contributed by atoms with Crippen LogP contribution in [0.3, 0.4) is 0 Å². The van der Waals surface area contributed by atoms with Crippen molar-refractivity contribution >= 4 is 5.69 Å². The third-order valence-corrected chi connectivity index (χ3v) is 5.54. The molecular weight excluding hydrogens is 362 g/mol. The van der Waals surface area contributed by atoms with E-state index in [1.54, 1.807) is 12.1 Å². The molecule has 1 atom stereocenters. The molecule has 1 aliphatic rings. The molecule has 4 rings (SSSR count). The van der Waals surface area contributed by atoms with Gasteiger partial charge in [0.25, 0.3) is 5.69 Å². The summed E-state index contributed by atoms with van der Waals surface area (Å²) in [5, 5.41) is 11.0. The summed E-state index contributed by atoms with van der Waals surface area (Å²) < 4.78 is 0. The van der Waals surface area contributed by atoms with E-state index in [-0.39, 0.29) is 16.7 Å². The van der Waals surface area contributed by atoms with Gasteiger partial charge in [-0.15, -0.1) is 0 Å². The van der Waals surface area contributed by atoms with Crippen molar-refractivity contribution in [3.8, 4) is 0 Å². The van der Waals surface area contributed by atoms with E-state index in [1.165, 1.54) is 11.1 Å². The maximum atomic E-state index is 11.0. The van der Waals surface area contributed by atoms with Gasteiger partial charge in [0.05, 0.1) is 4.92 Å². The van der Waals surface area contributed by atoms with Crippen LogP contribution in [0.1, 0.15) is 22.7 Å². The maximum absolute atomic E-state index is 11.0. The molecule has 0 saturated carbocycles. The summed E-state index contributed by atoms with van der Waals surface area (Å²) in [5.74, 6) is 0. The summed E-state index contributed by atoms with van der Waals surface area (Å²) in [5.41, 5.74) is 3.87. The third-order valence-electron chi connectivity index (χ3n) is 5.54. The minimum absolute atomic E-state index is 0.139. The summed E-state index contributed by atoms with van der Waals surface area (Å²) in [4.78, 5) is 15.7. The Morgan fingerprint density at radius 2 is 1.38 bits per heavy atom. The van der Waals surface area contributed by atoms with Crippen LogP contribution in [0, 0.1) is 10.1 Å². The Balaban J connectivity index is 1.55. The molecule has 1 saturated heterocycles. The monoisotopic (exact) mass is 387 g/mol. The largest absolute Gasteiger partial charge is 0.296 e. The Morgan fingerprint density at radius 3 is 1.97 bits per heavy atom. The number of rotatable bonds is 6. The molecule has 1 fully saturated rings. The lowest BCUT2D eigenvalue weighted by atomic mass is 10.0. The number of nitro benzene ring substituents is 1. The molecule has 0 bridgehead atoms. The van der Waals surface area contributed by atoms with E-state index in [9.17, 15) is 10.1 Å². The lowest BCUT2D eigenvalue weighted by Crippen LogP contribution is -2.47. The molecule has 0 radical (unpaired) electrons. The van der Waals surface area contributed by atoms with Gasteiger partial charge < -0.3 is 0 Å². The van der Waals surface area contributed by atoms with E-state index in [4.69, 9.17) is 0 Å². The molecule has 29 heavy (non-hydrogen) atoms. The first kappa shape index (κ1) is 19.3. The number of nitro groups is 1. The second-order valence-electron chi connectivity index (χ2n) is 7.54. The van der Waals surface area contributed by atoms with Crippen LogP contribution >= 0.6 is 0 Å². The van der Waals surface area contributed by atoms with Crippen LogP contribution in [0.4, 0.5) is 5.69 Å². The summed E-state index contributed by atoms with van der Waals surface area (Å²) >= 11 is 0. The third kappa shape index (κ3) is 4.88. The van der Waals surface area contributed by atoms with Crippen molar-refractivity contribution in [2.45, 2.75) is 19.1 Å². The minimum atomic E-state index is -0.339. The van der Waals surface area contributed by atoms with E-state index >= 15 is 0 Å². The van der Waals surface area contributed by atoms with Crippen molar-refractivity contribution in [1.29, 1.82) is 0 Å². The fourth-order valence-electron chi connectivity index (χ4n) is 4.00. The molecule has 5 heteroatoms. The molecule has 1 aliphatic heterocycles. The van der Waals surface area contributed by atoms with Crippen LogP contribution in [0.5, 0.6) is 0 Å². The van der Waals surface area contributed by atoms with Gasteiger partial charge in [-0.25, -0.2) is 0 Å². The molecule has 1 unspecified atom stereocenters. The van der Waals surface area contributed by atoms with Crippen molar-refractivity contribution in [1.82, 2.24) is 9.80 Å². The quantitative estimate of drug-likeness (QED) is 0.456. The Hall–Kier alpha value is -3.02. The minimum Gasteiger partial charge on any atom is -0.296 e. The number of hydrogen-bond acceptors (Lipinski definition) is 4. The average Bonchev–Trinajstić information content (AvgIpc) is 2.76. The number of hydrogen-bond donors (Lipinski definition) is 0. The molecule has 3 aromatic carbocycles. The number of non-ortho nitro benzene ring substituents is 1. The molecule has 0 N–H and O–H groups in total. The van der Waals surface area contributed by atoms with Gasteiger partial charge in [0.1, 0.15) is 0 Å². The Labute approximate surface area is 171 Å². The smallest absolute Gasteiger partial charge is 0.269 e. The first-order valence-electron chi connectivity index (χ1n) is 9.97. The van der Waals surface area contributed by atoms with Crippen LogP contribution in [-0.4, -0.2) is 34.4 Å². The van der Waals surface area contributed by atoms with E-state index in [0.717, 1.165) is 38.3 Å². The molecule has 3 aromatic rings. The Kier molecular flexibility index (Phi) is 5.98. The lowest BCUT2D eigenvalue weighted by Gasteiger charge is -2.42. The van der Waals surface area contributed by atoms with E-state index in [2.05, 4.69) is 58.3 Å². The predicted molar refractivity (Wildman–Crippen MR) is 114 cm³/mol. The summed E-state index contributed by atoms with van der Waals surface area (Å²) in [6.45, 7) is 4.67. The standard InChI is InChI=1S/C24H25N3O2/c28-27(29)23-13-11-22(12-14-23)24-19-25(17-20-7-3-1-4-8-20)15-16-26(24)18-21-9-5-2-6-10-21/h1-14,24H,15-19H2. The van der Waals surface area contributed by atoms with Crippen molar-refractivity contribution < 1.29 is 4.92 Å². The normalized spacial score (nSPS) is 17.9. The molecule has 0 aliphatic carbocycles. The van der Waals surface area contributed by atoms with Gasteiger partial charge in [-0.05, 0) is 16.7 Å². The highest BCUT2D eigenvalue weighted by molar-refractivity contribution is 5.34. The van der Waals surface area contributed by atoms with E-state index in [1.807, 2.05) is 24.3 Å².